The Labute approximate surface area is 196 Å². The Hall–Kier alpha value is -2.86. The van der Waals surface area contributed by atoms with Gasteiger partial charge in [-0.25, -0.2) is 0 Å². The first-order chi connectivity index (χ1) is 15.9. The maximum Gasteiger partial charge on any atom is 0.309 e. The van der Waals surface area contributed by atoms with Crippen LogP contribution in [0.4, 0.5) is 0 Å². The standard InChI is InChI=1S/C27H34N2O4/c1-4-14-28(2)24(30)17-29-16-23(21-9-8-18-6-5-7-20(18)15-21)25(27(31)32)26(29)19-10-12-22(33-3)13-11-19/h8-13,15,23,25-26H,4-7,14,16-17H2,1-3H3,(H,31,32)/t23-,25-,26+/m0/s1. The van der Waals surface area contributed by atoms with Crippen molar-refractivity contribution in [1.29, 1.82) is 0 Å². The number of likely N-dealkylation sites (tertiary alicyclic amines) is 1. The van der Waals surface area contributed by atoms with E-state index in [9.17, 15) is 14.7 Å². The summed E-state index contributed by atoms with van der Waals surface area (Å²) in [6.45, 7) is 3.48. The smallest absolute Gasteiger partial charge is 0.309 e. The van der Waals surface area contributed by atoms with E-state index in [0.717, 1.165) is 42.6 Å². The van der Waals surface area contributed by atoms with E-state index in [1.165, 1.54) is 11.1 Å². The number of fused-ring (bicyclic) bond motifs is 1. The van der Waals surface area contributed by atoms with Crippen LogP contribution in [0.25, 0.3) is 0 Å². The van der Waals surface area contributed by atoms with Crippen molar-refractivity contribution in [3.8, 4) is 5.75 Å². The first kappa shape index (κ1) is 23.3. The second-order valence-electron chi connectivity index (χ2n) is 9.31. The number of carboxylic acid groups (broad SMARTS) is 1. The monoisotopic (exact) mass is 450 g/mol. The van der Waals surface area contributed by atoms with Gasteiger partial charge in [-0.05, 0) is 60.1 Å². The van der Waals surface area contributed by atoms with E-state index in [0.29, 0.717) is 13.1 Å². The Bertz CT molecular complexity index is 1000. The highest BCUT2D eigenvalue weighted by atomic mass is 16.5. The number of hydrogen-bond acceptors (Lipinski definition) is 4. The highest BCUT2D eigenvalue weighted by Crippen LogP contribution is 2.46. The van der Waals surface area contributed by atoms with Gasteiger partial charge in [-0.1, -0.05) is 37.3 Å². The van der Waals surface area contributed by atoms with Gasteiger partial charge in [0.25, 0.3) is 0 Å². The topological polar surface area (TPSA) is 70.1 Å². The summed E-state index contributed by atoms with van der Waals surface area (Å²) in [5.41, 5.74) is 4.69. The van der Waals surface area contributed by atoms with Gasteiger partial charge in [0.1, 0.15) is 5.75 Å². The average molecular weight is 451 g/mol. The number of likely N-dealkylation sites (N-methyl/N-ethyl adjacent to an activating group) is 1. The third-order valence-electron chi connectivity index (χ3n) is 7.21. The molecular weight excluding hydrogens is 416 g/mol. The number of carbonyl (C=O) groups is 2. The number of amides is 1. The molecule has 0 bridgehead atoms. The molecule has 4 rings (SSSR count). The van der Waals surface area contributed by atoms with Crippen molar-refractivity contribution in [2.75, 3.05) is 33.8 Å². The fraction of sp³-hybridized carbons (Fsp3) is 0.481. The minimum absolute atomic E-state index is 0.0223. The molecule has 6 nitrogen and oxygen atoms in total. The first-order valence-electron chi connectivity index (χ1n) is 11.9. The second kappa shape index (κ2) is 9.96. The summed E-state index contributed by atoms with van der Waals surface area (Å²) in [6.07, 6.45) is 4.20. The molecular formula is C27H34N2O4. The van der Waals surface area contributed by atoms with Gasteiger partial charge in [-0.3, -0.25) is 14.5 Å². The number of aliphatic carboxylic acids is 1. The SMILES string of the molecule is CCCN(C)C(=O)CN1C[C@@H](c2ccc3c(c2)CCC3)[C@H](C(=O)O)[C@H]1c1ccc(OC)cc1. The zero-order valence-electron chi connectivity index (χ0n) is 19.8. The summed E-state index contributed by atoms with van der Waals surface area (Å²) < 4.78 is 5.30. The van der Waals surface area contributed by atoms with E-state index in [2.05, 4.69) is 23.1 Å². The Kier molecular flexibility index (Phi) is 7.03. The number of ether oxygens (including phenoxy) is 1. The van der Waals surface area contributed by atoms with Crippen LogP contribution in [-0.4, -0.2) is 60.6 Å². The lowest BCUT2D eigenvalue weighted by atomic mass is 9.82. The van der Waals surface area contributed by atoms with Gasteiger partial charge >= 0.3 is 5.97 Å². The summed E-state index contributed by atoms with van der Waals surface area (Å²) in [4.78, 5) is 29.4. The van der Waals surface area contributed by atoms with Crippen LogP contribution in [0.2, 0.25) is 0 Å². The maximum atomic E-state index is 13.0. The number of aryl methyl sites for hydroxylation is 2. The van der Waals surface area contributed by atoms with Crippen LogP contribution in [0.15, 0.2) is 42.5 Å². The molecule has 0 unspecified atom stereocenters. The van der Waals surface area contributed by atoms with Gasteiger partial charge in [-0.2, -0.15) is 0 Å². The average Bonchev–Trinajstić information content (AvgIpc) is 3.43. The lowest BCUT2D eigenvalue weighted by molar-refractivity contribution is -0.143. The normalized spacial score (nSPS) is 22.2. The van der Waals surface area contributed by atoms with Crippen LogP contribution in [0.5, 0.6) is 5.75 Å². The molecule has 1 heterocycles. The van der Waals surface area contributed by atoms with Crippen LogP contribution >= 0.6 is 0 Å². The van der Waals surface area contributed by atoms with Gasteiger partial charge in [0.05, 0.1) is 19.6 Å². The Balaban J connectivity index is 1.71. The highest BCUT2D eigenvalue weighted by molar-refractivity contribution is 5.79. The number of nitrogens with zero attached hydrogens (tertiary/aromatic N) is 2. The highest BCUT2D eigenvalue weighted by Gasteiger charge is 2.48. The van der Waals surface area contributed by atoms with Crippen LogP contribution in [0.1, 0.15) is 54.0 Å². The number of methoxy groups -OCH3 is 1. The number of benzene rings is 2. The Morgan fingerprint density at radius 3 is 2.45 bits per heavy atom. The minimum atomic E-state index is -0.821. The zero-order chi connectivity index (χ0) is 23.5. The summed E-state index contributed by atoms with van der Waals surface area (Å²) in [5.74, 6) is -0.886. The molecule has 3 atom stereocenters. The van der Waals surface area contributed by atoms with Gasteiger partial charge in [-0.15, -0.1) is 0 Å². The van der Waals surface area contributed by atoms with E-state index in [4.69, 9.17) is 4.74 Å². The molecule has 0 aromatic heterocycles. The molecule has 0 saturated carbocycles. The maximum absolute atomic E-state index is 13.0. The molecule has 1 aliphatic carbocycles. The fourth-order valence-corrected chi connectivity index (χ4v) is 5.51. The van der Waals surface area contributed by atoms with Crippen LogP contribution in [0, 0.1) is 5.92 Å². The molecule has 2 aromatic rings. The quantitative estimate of drug-likeness (QED) is 0.661. The van der Waals surface area contributed by atoms with E-state index in [1.807, 2.05) is 38.2 Å². The molecule has 1 amide bonds. The van der Waals surface area contributed by atoms with Crippen molar-refractivity contribution in [2.45, 2.75) is 44.6 Å². The molecule has 0 spiro atoms. The summed E-state index contributed by atoms with van der Waals surface area (Å²) in [6, 6.07) is 13.7. The van der Waals surface area contributed by atoms with Crippen molar-refractivity contribution < 1.29 is 19.4 Å². The van der Waals surface area contributed by atoms with E-state index in [-0.39, 0.29) is 24.4 Å². The van der Waals surface area contributed by atoms with Gasteiger partial charge in [0.15, 0.2) is 0 Å². The van der Waals surface area contributed by atoms with Crippen molar-refractivity contribution >= 4 is 11.9 Å². The van der Waals surface area contributed by atoms with Crippen LogP contribution < -0.4 is 4.74 Å². The molecule has 1 aliphatic heterocycles. The largest absolute Gasteiger partial charge is 0.497 e. The van der Waals surface area contributed by atoms with Crippen LogP contribution in [-0.2, 0) is 22.4 Å². The number of carbonyl (C=O) groups excluding carboxylic acids is 1. The number of rotatable bonds is 8. The van der Waals surface area contributed by atoms with Crippen LogP contribution in [0.3, 0.4) is 0 Å². The second-order valence-corrected chi connectivity index (χ2v) is 9.31. The lowest BCUT2D eigenvalue weighted by Gasteiger charge is -2.28. The third-order valence-corrected chi connectivity index (χ3v) is 7.21. The molecule has 2 aromatic carbocycles. The Morgan fingerprint density at radius 2 is 1.79 bits per heavy atom. The van der Waals surface area contributed by atoms with Crippen molar-refractivity contribution in [1.82, 2.24) is 9.80 Å². The van der Waals surface area contributed by atoms with E-state index in [1.54, 1.807) is 12.0 Å². The number of hydrogen-bond donors (Lipinski definition) is 1. The molecule has 0 radical (unpaired) electrons. The molecule has 1 saturated heterocycles. The summed E-state index contributed by atoms with van der Waals surface area (Å²) in [7, 11) is 3.43. The molecule has 1 N–H and O–H groups in total. The molecule has 176 valence electrons. The first-order valence-corrected chi connectivity index (χ1v) is 11.9. The summed E-state index contributed by atoms with van der Waals surface area (Å²) in [5, 5.41) is 10.4. The van der Waals surface area contributed by atoms with E-state index < -0.39 is 11.9 Å². The predicted octanol–water partition coefficient (Wildman–Crippen LogP) is 3.89. The predicted molar refractivity (Wildman–Crippen MR) is 128 cm³/mol. The summed E-state index contributed by atoms with van der Waals surface area (Å²) >= 11 is 0. The molecule has 6 heteroatoms. The van der Waals surface area contributed by atoms with Gasteiger partial charge < -0.3 is 14.7 Å². The Morgan fingerprint density at radius 1 is 1.09 bits per heavy atom. The fourth-order valence-electron chi connectivity index (χ4n) is 5.51. The van der Waals surface area contributed by atoms with Gasteiger partial charge in [0, 0.05) is 32.1 Å². The molecule has 2 aliphatic rings. The van der Waals surface area contributed by atoms with Crippen molar-refractivity contribution in [3.05, 3.63) is 64.7 Å². The lowest BCUT2D eigenvalue weighted by Crippen LogP contribution is -2.39. The minimum Gasteiger partial charge on any atom is -0.497 e. The number of carboxylic acids is 1. The third kappa shape index (κ3) is 4.76. The van der Waals surface area contributed by atoms with Crippen molar-refractivity contribution in [3.63, 3.8) is 0 Å². The molecule has 1 fully saturated rings. The van der Waals surface area contributed by atoms with E-state index >= 15 is 0 Å². The van der Waals surface area contributed by atoms with Crippen molar-refractivity contribution in [2.24, 2.45) is 5.92 Å². The van der Waals surface area contributed by atoms with Gasteiger partial charge in [0.2, 0.25) is 5.91 Å². The molecule has 33 heavy (non-hydrogen) atoms. The zero-order valence-corrected chi connectivity index (χ0v) is 19.8.